The number of benzene rings is 2. The summed E-state index contributed by atoms with van der Waals surface area (Å²) in [7, 11) is 0. The van der Waals surface area contributed by atoms with Gasteiger partial charge in [0.25, 0.3) is 0 Å². The Bertz CT molecular complexity index is 674. The lowest BCUT2D eigenvalue weighted by Gasteiger charge is -2.11. The number of amides is 2. The first kappa shape index (κ1) is 16.8. The molecule has 2 aromatic rings. The molecule has 0 radical (unpaired) electrons. The molecule has 122 valence electrons. The number of hydrogen-bond acceptors (Lipinski definition) is 2. The van der Waals surface area contributed by atoms with E-state index >= 15 is 0 Å². The van der Waals surface area contributed by atoms with Crippen molar-refractivity contribution in [2.45, 2.75) is 20.4 Å². The maximum absolute atomic E-state index is 13.4. The molecule has 4 nitrogen and oxygen atoms in total. The number of nitrogens with one attached hydrogen (secondary N) is 2. The van der Waals surface area contributed by atoms with E-state index in [1.807, 2.05) is 32.0 Å². The Morgan fingerprint density at radius 2 is 1.91 bits per heavy atom. The molecule has 0 bridgehead atoms. The van der Waals surface area contributed by atoms with Crippen LogP contribution in [0.5, 0.6) is 5.75 Å². The molecule has 0 saturated heterocycles. The Kier molecular flexibility index (Phi) is 5.97. The summed E-state index contributed by atoms with van der Waals surface area (Å²) >= 11 is 0. The van der Waals surface area contributed by atoms with Gasteiger partial charge in [-0.2, -0.15) is 0 Å². The van der Waals surface area contributed by atoms with Crippen molar-refractivity contribution >= 4 is 6.03 Å². The van der Waals surface area contributed by atoms with E-state index in [9.17, 15) is 9.18 Å². The van der Waals surface area contributed by atoms with E-state index in [1.54, 1.807) is 18.2 Å². The Hall–Kier alpha value is -2.56. The number of carbonyl (C=O) groups excluding carboxylic acids is 1. The fourth-order valence-corrected chi connectivity index (χ4v) is 2.07. The lowest BCUT2D eigenvalue weighted by molar-refractivity contribution is 0.236. The molecule has 0 heterocycles. The molecule has 0 saturated carbocycles. The van der Waals surface area contributed by atoms with Crippen molar-refractivity contribution in [1.82, 2.24) is 10.6 Å². The van der Waals surface area contributed by atoms with Gasteiger partial charge in [-0.25, -0.2) is 9.18 Å². The molecule has 2 amide bonds. The Morgan fingerprint density at radius 1 is 1.13 bits per heavy atom. The number of ether oxygens (including phenoxy) is 1. The summed E-state index contributed by atoms with van der Waals surface area (Å²) in [5, 5.41) is 5.29. The fraction of sp³-hybridized carbons (Fsp3) is 0.278. The maximum Gasteiger partial charge on any atom is 0.315 e. The van der Waals surface area contributed by atoms with Gasteiger partial charge >= 0.3 is 6.03 Å². The quantitative estimate of drug-likeness (QED) is 0.803. The van der Waals surface area contributed by atoms with Crippen LogP contribution in [0.15, 0.2) is 42.5 Å². The molecule has 2 aromatic carbocycles. The van der Waals surface area contributed by atoms with Crippen molar-refractivity contribution in [3.8, 4) is 5.75 Å². The van der Waals surface area contributed by atoms with Crippen molar-refractivity contribution in [2.75, 3.05) is 13.2 Å². The van der Waals surface area contributed by atoms with E-state index in [0.29, 0.717) is 18.7 Å². The van der Waals surface area contributed by atoms with Crippen LogP contribution < -0.4 is 15.4 Å². The third-order valence-electron chi connectivity index (χ3n) is 3.39. The zero-order chi connectivity index (χ0) is 16.7. The number of carbonyl (C=O) groups is 1. The SMILES string of the molecule is Cc1ccc(C)c(OCCNC(=O)NCc2ccccc2F)c1. The van der Waals surface area contributed by atoms with E-state index in [2.05, 4.69) is 10.6 Å². The average Bonchev–Trinajstić information content (AvgIpc) is 2.54. The summed E-state index contributed by atoms with van der Waals surface area (Å²) in [5.41, 5.74) is 2.63. The summed E-state index contributed by atoms with van der Waals surface area (Å²) < 4.78 is 19.1. The fourth-order valence-electron chi connectivity index (χ4n) is 2.07. The van der Waals surface area contributed by atoms with Crippen LogP contribution in [0.2, 0.25) is 0 Å². The van der Waals surface area contributed by atoms with Gasteiger partial charge in [0.1, 0.15) is 18.2 Å². The summed E-state index contributed by atoms with van der Waals surface area (Å²) in [5.74, 6) is 0.490. The Labute approximate surface area is 135 Å². The minimum absolute atomic E-state index is 0.149. The zero-order valence-electron chi connectivity index (χ0n) is 13.4. The second-order valence-corrected chi connectivity index (χ2v) is 5.32. The molecule has 0 spiro atoms. The zero-order valence-corrected chi connectivity index (χ0v) is 13.4. The highest BCUT2D eigenvalue weighted by molar-refractivity contribution is 5.73. The highest BCUT2D eigenvalue weighted by atomic mass is 19.1. The van der Waals surface area contributed by atoms with Gasteiger partial charge in [0.2, 0.25) is 0 Å². The first-order chi connectivity index (χ1) is 11.1. The minimum atomic E-state index is -0.349. The predicted octanol–water partition coefficient (Wildman–Crippen LogP) is 3.32. The Morgan fingerprint density at radius 3 is 2.70 bits per heavy atom. The smallest absolute Gasteiger partial charge is 0.315 e. The van der Waals surface area contributed by atoms with Crippen LogP contribution in [0.1, 0.15) is 16.7 Å². The van der Waals surface area contributed by atoms with E-state index in [1.165, 1.54) is 6.07 Å². The highest BCUT2D eigenvalue weighted by Gasteiger charge is 2.04. The molecule has 5 heteroatoms. The molecular weight excluding hydrogens is 295 g/mol. The summed E-state index contributed by atoms with van der Waals surface area (Å²) in [6, 6.07) is 12.0. The lowest BCUT2D eigenvalue weighted by Crippen LogP contribution is -2.37. The van der Waals surface area contributed by atoms with Crippen LogP contribution in [0.25, 0.3) is 0 Å². The van der Waals surface area contributed by atoms with Crippen molar-refractivity contribution in [3.63, 3.8) is 0 Å². The number of hydrogen-bond donors (Lipinski definition) is 2. The van der Waals surface area contributed by atoms with Crippen LogP contribution in [0, 0.1) is 19.7 Å². The summed E-state index contributed by atoms with van der Waals surface area (Å²) in [4.78, 5) is 11.7. The molecule has 0 fully saturated rings. The van der Waals surface area contributed by atoms with Gasteiger partial charge in [0.05, 0.1) is 6.54 Å². The molecule has 23 heavy (non-hydrogen) atoms. The molecule has 2 N–H and O–H groups in total. The monoisotopic (exact) mass is 316 g/mol. The lowest BCUT2D eigenvalue weighted by atomic mass is 10.1. The molecule has 2 rings (SSSR count). The largest absolute Gasteiger partial charge is 0.491 e. The first-order valence-electron chi connectivity index (χ1n) is 7.51. The van der Waals surface area contributed by atoms with Gasteiger partial charge in [-0.3, -0.25) is 0 Å². The summed E-state index contributed by atoms with van der Waals surface area (Å²) in [6.07, 6.45) is 0. The van der Waals surface area contributed by atoms with Crippen molar-refractivity contribution in [2.24, 2.45) is 0 Å². The molecule has 0 aliphatic heterocycles. The maximum atomic E-state index is 13.4. The topological polar surface area (TPSA) is 50.4 Å². The number of urea groups is 1. The van der Waals surface area contributed by atoms with E-state index in [4.69, 9.17) is 4.74 Å². The van der Waals surface area contributed by atoms with Crippen molar-refractivity contribution in [1.29, 1.82) is 0 Å². The minimum Gasteiger partial charge on any atom is -0.491 e. The van der Waals surface area contributed by atoms with Gasteiger partial charge in [-0.05, 0) is 37.1 Å². The molecule has 0 unspecified atom stereocenters. The molecular formula is C18H21FN2O2. The third kappa shape index (κ3) is 5.29. The van der Waals surface area contributed by atoms with Crippen LogP contribution >= 0.6 is 0 Å². The third-order valence-corrected chi connectivity index (χ3v) is 3.39. The predicted molar refractivity (Wildman–Crippen MR) is 88.0 cm³/mol. The van der Waals surface area contributed by atoms with Gasteiger partial charge < -0.3 is 15.4 Å². The van der Waals surface area contributed by atoms with E-state index < -0.39 is 0 Å². The molecule has 0 atom stereocenters. The van der Waals surface area contributed by atoms with E-state index in [-0.39, 0.29) is 18.4 Å². The highest BCUT2D eigenvalue weighted by Crippen LogP contribution is 2.18. The molecule has 0 aliphatic carbocycles. The number of aryl methyl sites for hydroxylation is 2. The van der Waals surface area contributed by atoms with Crippen LogP contribution in [0.3, 0.4) is 0 Å². The molecule has 0 aromatic heterocycles. The summed E-state index contributed by atoms with van der Waals surface area (Å²) in [6.45, 7) is 4.87. The van der Waals surface area contributed by atoms with Crippen LogP contribution in [-0.4, -0.2) is 19.2 Å². The van der Waals surface area contributed by atoms with Crippen molar-refractivity contribution < 1.29 is 13.9 Å². The average molecular weight is 316 g/mol. The number of halogens is 1. The normalized spacial score (nSPS) is 10.2. The number of rotatable bonds is 6. The van der Waals surface area contributed by atoms with Crippen LogP contribution in [-0.2, 0) is 6.54 Å². The van der Waals surface area contributed by atoms with Gasteiger partial charge in [0.15, 0.2) is 0 Å². The van der Waals surface area contributed by atoms with Gasteiger partial charge in [-0.15, -0.1) is 0 Å². The first-order valence-corrected chi connectivity index (χ1v) is 7.51. The molecule has 0 aliphatic rings. The second kappa shape index (κ2) is 8.17. The Balaban J connectivity index is 1.69. The second-order valence-electron chi connectivity index (χ2n) is 5.32. The van der Waals surface area contributed by atoms with E-state index in [0.717, 1.165) is 16.9 Å². The van der Waals surface area contributed by atoms with Crippen molar-refractivity contribution in [3.05, 3.63) is 65.0 Å². The van der Waals surface area contributed by atoms with Gasteiger partial charge in [-0.1, -0.05) is 30.3 Å². The standard InChI is InChI=1S/C18H21FN2O2/c1-13-7-8-14(2)17(11-13)23-10-9-20-18(22)21-12-15-5-3-4-6-16(15)19/h3-8,11H,9-10,12H2,1-2H3,(H2,20,21,22). The van der Waals surface area contributed by atoms with Crippen LogP contribution in [0.4, 0.5) is 9.18 Å². The van der Waals surface area contributed by atoms with Gasteiger partial charge in [0, 0.05) is 12.1 Å².